The molecule has 0 radical (unpaired) electrons. The van der Waals surface area contributed by atoms with Crippen LogP contribution in [0, 0.1) is 10.1 Å². The first-order valence-corrected chi connectivity index (χ1v) is 11.1. The van der Waals surface area contributed by atoms with Crippen molar-refractivity contribution in [1.29, 1.82) is 0 Å². The van der Waals surface area contributed by atoms with Gasteiger partial charge in [-0.2, -0.15) is 0 Å². The lowest BCUT2D eigenvalue weighted by molar-refractivity contribution is -0.387. The van der Waals surface area contributed by atoms with Crippen LogP contribution in [0.4, 0.5) is 5.69 Å². The van der Waals surface area contributed by atoms with Crippen molar-refractivity contribution >= 4 is 35.3 Å². The van der Waals surface area contributed by atoms with Crippen LogP contribution in [-0.2, 0) is 9.59 Å². The number of nitrogens with zero attached hydrogens (tertiary/aromatic N) is 3. The summed E-state index contributed by atoms with van der Waals surface area (Å²) in [5.41, 5.74) is 0.529. The normalized spacial score (nSPS) is 13.9. The zero-order valence-corrected chi connectivity index (χ0v) is 18.8. The van der Waals surface area contributed by atoms with Crippen LogP contribution in [0.3, 0.4) is 0 Å². The fraction of sp³-hybridized carbons (Fsp3) is 0.304. The Kier molecular flexibility index (Phi) is 7.88. The predicted octanol–water partition coefficient (Wildman–Crippen LogP) is 3.85. The minimum Gasteiger partial charge on any atom is -0.493 e. The standard InChI is InChI=1S/C23H25N3O5S/c1-3-31-20-6-4-5-7-22(20)32-21-10-8-18(16-19(21)26(29)30)9-11-23(28)25-14-12-24(13-15-25)17(2)27/h4-11,16H,3,12-15H2,1-2H3/b11-9-. The molecule has 1 fully saturated rings. The highest BCUT2D eigenvalue weighted by atomic mass is 32.2. The quantitative estimate of drug-likeness (QED) is 0.358. The van der Waals surface area contributed by atoms with Crippen molar-refractivity contribution in [2.45, 2.75) is 23.6 Å². The lowest BCUT2D eigenvalue weighted by Gasteiger charge is -2.33. The second-order valence-electron chi connectivity index (χ2n) is 7.13. The number of para-hydroxylation sites is 1. The van der Waals surface area contributed by atoms with Crippen molar-refractivity contribution in [2.75, 3.05) is 32.8 Å². The highest BCUT2D eigenvalue weighted by Gasteiger charge is 2.21. The number of piperazine rings is 1. The molecule has 0 atom stereocenters. The molecule has 1 saturated heterocycles. The predicted molar refractivity (Wildman–Crippen MR) is 123 cm³/mol. The molecule has 1 aliphatic heterocycles. The topological polar surface area (TPSA) is 93.0 Å². The van der Waals surface area contributed by atoms with E-state index in [1.54, 1.807) is 28.0 Å². The van der Waals surface area contributed by atoms with E-state index in [2.05, 4.69) is 0 Å². The third-order valence-electron chi connectivity index (χ3n) is 5.00. The van der Waals surface area contributed by atoms with E-state index in [0.29, 0.717) is 49.0 Å². The first kappa shape index (κ1) is 23.3. The number of amides is 2. The van der Waals surface area contributed by atoms with Crippen molar-refractivity contribution in [3.63, 3.8) is 0 Å². The van der Waals surface area contributed by atoms with Crippen LogP contribution in [0.15, 0.2) is 58.3 Å². The molecule has 0 aliphatic carbocycles. The fourth-order valence-electron chi connectivity index (χ4n) is 3.31. The molecule has 0 bridgehead atoms. The third-order valence-corrected chi connectivity index (χ3v) is 6.13. The molecule has 1 heterocycles. The molecule has 3 rings (SSSR count). The Hall–Kier alpha value is -3.33. The summed E-state index contributed by atoms with van der Waals surface area (Å²) in [5.74, 6) is 0.496. The molecular weight excluding hydrogens is 430 g/mol. The zero-order chi connectivity index (χ0) is 23.1. The second-order valence-corrected chi connectivity index (χ2v) is 8.21. The molecule has 0 unspecified atom stereocenters. The van der Waals surface area contributed by atoms with Crippen LogP contribution in [0.2, 0.25) is 0 Å². The second kappa shape index (κ2) is 10.8. The number of ether oxygens (including phenoxy) is 1. The Morgan fingerprint density at radius 1 is 1.09 bits per heavy atom. The highest BCUT2D eigenvalue weighted by molar-refractivity contribution is 7.99. The number of hydrogen-bond donors (Lipinski definition) is 0. The van der Waals surface area contributed by atoms with Crippen molar-refractivity contribution in [1.82, 2.24) is 9.80 Å². The molecule has 2 aromatic rings. The van der Waals surface area contributed by atoms with Crippen LogP contribution in [0.5, 0.6) is 5.75 Å². The van der Waals surface area contributed by atoms with Crippen molar-refractivity contribution in [3.8, 4) is 5.75 Å². The van der Waals surface area contributed by atoms with Gasteiger partial charge >= 0.3 is 0 Å². The Morgan fingerprint density at radius 3 is 2.44 bits per heavy atom. The summed E-state index contributed by atoms with van der Waals surface area (Å²) >= 11 is 1.27. The number of benzene rings is 2. The van der Waals surface area contributed by atoms with E-state index in [1.165, 1.54) is 30.8 Å². The number of hydrogen-bond acceptors (Lipinski definition) is 6. The van der Waals surface area contributed by atoms with Crippen LogP contribution >= 0.6 is 11.8 Å². The van der Waals surface area contributed by atoms with E-state index in [9.17, 15) is 19.7 Å². The highest BCUT2D eigenvalue weighted by Crippen LogP contribution is 2.39. The van der Waals surface area contributed by atoms with Crippen LogP contribution in [-0.4, -0.2) is 59.3 Å². The molecular formula is C23H25N3O5S. The van der Waals surface area contributed by atoms with Gasteiger partial charge in [0.25, 0.3) is 5.69 Å². The maximum atomic E-state index is 12.5. The monoisotopic (exact) mass is 455 g/mol. The van der Waals surface area contributed by atoms with Gasteiger partial charge in [-0.05, 0) is 36.8 Å². The van der Waals surface area contributed by atoms with Gasteiger partial charge in [0.05, 0.1) is 21.3 Å². The van der Waals surface area contributed by atoms with Crippen LogP contribution in [0.25, 0.3) is 6.08 Å². The Labute approximate surface area is 191 Å². The van der Waals surface area contributed by atoms with E-state index in [0.717, 1.165) is 4.90 Å². The number of carbonyl (C=O) groups is 2. The minimum absolute atomic E-state index is 0.00166. The summed E-state index contributed by atoms with van der Waals surface area (Å²) in [5, 5.41) is 11.7. The molecule has 8 nitrogen and oxygen atoms in total. The van der Waals surface area contributed by atoms with E-state index >= 15 is 0 Å². The molecule has 168 valence electrons. The van der Waals surface area contributed by atoms with Crippen LogP contribution in [0.1, 0.15) is 19.4 Å². The summed E-state index contributed by atoms with van der Waals surface area (Å²) in [6.45, 7) is 5.86. The minimum atomic E-state index is -0.425. The maximum Gasteiger partial charge on any atom is 0.283 e. The van der Waals surface area contributed by atoms with Crippen LogP contribution < -0.4 is 4.74 Å². The maximum absolute atomic E-state index is 12.5. The first-order chi connectivity index (χ1) is 15.4. The summed E-state index contributed by atoms with van der Waals surface area (Å²) in [4.78, 5) is 39.8. The lowest BCUT2D eigenvalue weighted by Crippen LogP contribution is -2.49. The van der Waals surface area contributed by atoms with Gasteiger partial charge in [0.2, 0.25) is 11.8 Å². The molecule has 32 heavy (non-hydrogen) atoms. The zero-order valence-electron chi connectivity index (χ0n) is 18.0. The summed E-state index contributed by atoms with van der Waals surface area (Å²) in [7, 11) is 0. The van der Waals surface area contributed by atoms with Gasteiger partial charge in [0.15, 0.2) is 0 Å². The molecule has 2 aromatic carbocycles. The SMILES string of the molecule is CCOc1ccccc1Sc1ccc(/C=C\C(=O)N2CCN(C(C)=O)CC2)cc1[N+](=O)[O-]. The van der Waals surface area contributed by atoms with Crippen molar-refractivity contribution in [2.24, 2.45) is 0 Å². The fourth-order valence-corrected chi connectivity index (χ4v) is 4.29. The number of rotatable bonds is 7. The van der Waals surface area contributed by atoms with E-state index in [1.807, 2.05) is 31.2 Å². The van der Waals surface area contributed by atoms with Crippen molar-refractivity contribution < 1.29 is 19.2 Å². The number of carbonyl (C=O) groups excluding carboxylic acids is 2. The Morgan fingerprint density at radius 2 is 1.78 bits per heavy atom. The van der Waals surface area contributed by atoms with Gasteiger partial charge in [-0.15, -0.1) is 0 Å². The lowest BCUT2D eigenvalue weighted by atomic mass is 10.2. The average Bonchev–Trinajstić information content (AvgIpc) is 2.79. The number of nitro groups is 1. The molecule has 1 aliphatic rings. The Balaban J connectivity index is 1.73. The van der Waals surface area contributed by atoms with Gasteiger partial charge in [0, 0.05) is 45.2 Å². The van der Waals surface area contributed by atoms with Crippen molar-refractivity contribution in [3.05, 3.63) is 64.2 Å². The smallest absolute Gasteiger partial charge is 0.283 e. The van der Waals surface area contributed by atoms with Gasteiger partial charge < -0.3 is 14.5 Å². The molecule has 2 amide bonds. The Bertz CT molecular complexity index is 1030. The summed E-state index contributed by atoms with van der Waals surface area (Å²) < 4.78 is 5.61. The third kappa shape index (κ3) is 5.88. The van der Waals surface area contributed by atoms with E-state index < -0.39 is 4.92 Å². The summed E-state index contributed by atoms with van der Waals surface area (Å²) in [6.07, 6.45) is 2.99. The van der Waals surface area contributed by atoms with E-state index in [4.69, 9.17) is 4.74 Å². The number of nitro benzene ring substituents is 1. The molecule has 0 spiro atoms. The largest absolute Gasteiger partial charge is 0.493 e. The molecule has 0 saturated carbocycles. The first-order valence-electron chi connectivity index (χ1n) is 10.3. The van der Waals surface area contributed by atoms with Gasteiger partial charge in [-0.25, -0.2) is 0 Å². The van der Waals surface area contributed by atoms with Gasteiger partial charge in [-0.1, -0.05) is 30.0 Å². The molecule has 9 heteroatoms. The molecule has 0 aromatic heterocycles. The molecule has 0 N–H and O–H groups in total. The van der Waals surface area contributed by atoms with Gasteiger partial charge in [0.1, 0.15) is 5.75 Å². The average molecular weight is 456 g/mol. The van der Waals surface area contributed by atoms with E-state index in [-0.39, 0.29) is 17.5 Å². The summed E-state index contributed by atoms with van der Waals surface area (Å²) in [6, 6.07) is 12.3. The van der Waals surface area contributed by atoms with Gasteiger partial charge in [-0.3, -0.25) is 19.7 Å².